The van der Waals surface area contributed by atoms with Gasteiger partial charge in [0, 0.05) is 24.6 Å². The van der Waals surface area contributed by atoms with Gasteiger partial charge in [-0.15, -0.1) is 0 Å². The van der Waals surface area contributed by atoms with Gasteiger partial charge >= 0.3 is 12.6 Å². The Labute approximate surface area is 117 Å². The monoisotopic (exact) mass is 301 g/mol. The number of carboxylic acids is 1. The van der Waals surface area contributed by atoms with Crippen LogP contribution in [0.3, 0.4) is 0 Å². The van der Waals surface area contributed by atoms with Crippen molar-refractivity contribution in [2.24, 2.45) is 17.8 Å². The predicted octanol–water partition coefficient (Wildman–Crippen LogP) is 1.04. The molecule has 2 rings (SSSR count). The highest BCUT2D eigenvalue weighted by atomic mass is 19.3. The van der Waals surface area contributed by atoms with E-state index >= 15 is 0 Å². The van der Waals surface area contributed by atoms with Gasteiger partial charge in [-0.05, 0) is 0 Å². The molecule has 0 aromatic heterocycles. The van der Waals surface area contributed by atoms with Crippen LogP contribution in [0, 0.1) is 29.6 Å². The van der Waals surface area contributed by atoms with Crippen LogP contribution in [0.25, 0.3) is 0 Å². The van der Waals surface area contributed by atoms with Crippen LogP contribution in [0.1, 0.15) is 0 Å². The smallest absolute Gasteiger partial charge is 0.387 e. The van der Waals surface area contributed by atoms with E-state index in [0.29, 0.717) is 6.08 Å². The first-order valence-electron chi connectivity index (χ1n) is 5.93. The van der Waals surface area contributed by atoms with Gasteiger partial charge < -0.3 is 15.2 Å². The first kappa shape index (κ1) is 15.0. The van der Waals surface area contributed by atoms with Crippen molar-refractivity contribution in [3.05, 3.63) is 23.7 Å². The van der Waals surface area contributed by atoms with Crippen LogP contribution in [-0.2, 0) is 14.3 Å². The van der Waals surface area contributed by atoms with E-state index in [1.807, 2.05) is 0 Å². The van der Waals surface area contributed by atoms with Gasteiger partial charge in [0.1, 0.15) is 17.5 Å². The lowest BCUT2D eigenvalue weighted by Gasteiger charge is -2.18. The number of carboxylic acid groups (broad SMARTS) is 1. The molecule has 0 aromatic carbocycles. The summed E-state index contributed by atoms with van der Waals surface area (Å²) in [7, 11) is 0. The van der Waals surface area contributed by atoms with Crippen LogP contribution in [0.2, 0.25) is 0 Å². The Bertz CT molecular complexity index is 588. The molecule has 0 saturated carbocycles. The van der Waals surface area contributed by atoms with E-state index in [2.05, 4.69) is 21.9 Å². The summed E-state index contributed by atoms with van der Waals surface area (Å²) in [6.45, 7) is -3.18. The first-order valence-corrected chi connectivity index (χ1v) is 5.93. The molecular weight excluding hydrogens is 291 g/mol. The number of allylic oxidation sites excluding steroid dienone is 3. The summed E-state index contributed by atoms with van der Waals surface area (Å²) in [4.78, 5) is 22.5. The lowest BCUT2D eigenvalue weighted by molar-refractivity contribution is -0.147. The van der Waals surface area contributed by atoms with Gasteiger partial charge in [-0.2, -0.15) is 8.78 Å². The minimum absolute atomic E-state index is 0.0541. The molecule has 8 heteroatoms. The molecule has 2 aliphatic rings. The van der Waals surface area contributed by atoms with E-state index in [0.717, 1.165) is 6.08 Å². The second-order valence-electron chi connectivity index (χ2n) is 4.45. The third-order valence-corrected chi connectivity index (χ3v) is 3.17. The number of carbonyl (C=O) groups excluding carboxylic acids is 1. The molecule has 1 aliphatic carbocycles. The number of halogens is 3. The molecule has 0 spiro atoms. The van der Waals surface area contributed by atoms with E-state index < -0.39 is 47.8 Å². The van der Waals surface area contributed by atoms with Gasteiger partial charge in [0.15, 0.2) is 0 Å². The van der Waals surface area contributed by atoms with Gasteiger partial charge in [0.05, 0.1) is 5.92 Å². The Morgan fingerprint density at radius 3 is 2.86 bits per heavy atom. The lowest BCUT2D eigenvalue weighted by Crippen LogP contribution is -2.30. The molecule has 0 radical (unpaired) electrons. The molecule has 3 atom stereocenters. The highest BCUT2D eigenvalue weighted by Crippen LogP contribution is 2.33. The van der Waals surface area contributed by atoms with Crippen molar-refractivity contribution in [3.8, 4) is 11.8 Å². The summed E-state index contributed by atoms with van der Waals surface area (Å²) in [5.74, 6) is -2.23. The van der Waals surface area contributed by atoms with Crippen molar-refractivity contribution in [1.82, 2.24) is 5.32 Å². The molecule has 1 heterocycles. The molecule has 112 valence electrons. The van der Waals surface area contributed by atoms with Crippen molar-refractivity contribution >= 4 is 11.9 Å². The third kappa shape index (κ3) is 3.18. The SMILES string of the molecule is O=C(O)[C@@H]1C(=O)NCC1C1C#CC=C(OC(F)F)C=C1F. The molecule has 1 amide bonds. The van der Waals surface area contributed by atoms with Gasteiger partial charge in [-0.25, -0.2) is 4.39 Å². The van der Waals surface area contributed by atoms with Crippen molar-refractivity contribution in [2.75, 3.05) is 6.54 Å². The summed E-state index contributed by atoms with van der Waals surface area (Å²) in [6.07, 6.45) is 1.68. The fourth-order valence-corrected chi connectivity index (χ4v) is 2.27. The lowest BCUT2D eigenvalue weighted by atomic mass is 9.83. The Balaban J connectivity index is 2.24. The zero-order valence-electron chi connectivity index (χ0n) is 10.5. The van der Waals surface area contributed by atoms with Crippen LogP contribution in [0.15, 0.2) is 23.7 Å². The van der Waals surface area contributed by atoms with Crippen LogP contribution in [0.4, 0.5) is 13.2 Å². The molecule has 0 bridgehead atoms. The maximum absolute atomic E-state index is 14.1. The second kappa shape index (κ2) is 5.91. The van der Waals surface area contributed by atoms with E-state index in [4.69, 9.17) is 5.11 Å². The highest BCUT2D eigenvalue weighted by molar-refractivity contribution is 5.99. The zero-order valence-corrected chi connectivity index (χ0v) is 10.5. The summed E-state index contributed by atoms with van der Waals surface area (Å²) in [5, 5.41) is 11.4. The van der Waals surface area contributed by atoms with Crippen LogP contribution in [-0.4, -0.2) is 30.1 Å². The molecule has 2 N–H and O–H groups in total. The van der Waals surface area contributed by atoms with Crippen molar-refractivity contribution in [1.29, 1.82) is 0 Å². The van der Waals surface area contributed by atoms with Crippen LogP contribution >= 0.6 is 0 Å². The van der Waals surface area contributed by atoms with Crippen LogP contribution < -0.4 is 5.32 Å². The number of carbonyl (C=O) groups is 2. The number of aliphatic carboxylic acids is 1. The molecular formula is C13H10F3NO4. The number of nitrogens with one attached hydrogen (secondary N) is 1. The summed E-state index contributed by atoms with van der Waals surface area (Å²) in [6, 6.07) is 0. The number of ether oxygens (including phenoxy) is 1. The van der Waals surface area contributed by atoms with Crippen molar-refractivity contribution in [3.63, 3.8) is 0 Å². The quantitative estimate of drug-likeness (QED) is 0.601. The van der Waals surface area contributed by atoms with Gasteiger partial charge in [0.25, 0.3) is 0 Å². The minimum Gasteiger partial charge on any atom is -0.481 e. The fraction of sp³-hybridized carbons (Fsp3) is 0.385. The zero-order chi connectivity index (χ0) is 15.6. The summed E-state index contributed by atoms with van der Waals surface area (Å²) in [5.41, 5.74) is 0. The number of hydrogen-bond acceptors (Lipinski definition) is 3. The standard InChI is InChI=1S/C13H10F3NO4/c14-9-4-6(21-13(15)16)2-1-3-7(9)8-5-17-11(18)10(8)12(19)20/h2,4,7-8,10,13H,5H2,(H,17,18)(H,19,20)/t7?,8?,10-/m0/s1. The predicted molar refractivity (Wildman–Crippen MR) is 63.3 cm³/mol. The van der Waals surface area contributed by atoms with E-state index in [9.17, 15) is 22.8 Å². The molecule has 2 unspecified atom stereocenters. The van der Waals surface area contributed by atoms with Gasteiger partial charge in [-0.3, -0.25) is 9.59 Å². The molecule has 5 nitrogen and oxygen atoms in total. The molecule has 1 aliphatic heterocycles. The van der Waals surface area contributed by atoms with Gasteiger partial charge in [-0.1, -0.05) is 11.8 Å². The fourth-order valence-electron chi connectivity index (χ4n) is 2.27. The topological polar surface area (TPSA) is 75.6 Å². The molecule has 1 fully saturated rings. The normalized spacial score (nSPS) is 28.0. The average Bonchev–Trinajstić information content (AvgIpc) is 2.65. The van der Waals surface area contributed by atoms with Gasteiger partial charge in [0.2, 0.25) is 5.91 Å². The molecule has 1 saturated heterocycles. The second-order valence-corrected chi connectivity index (χ2v) is 4.45. The Hall–Kier alpha value is -2.43. The number of rotatable bonds is 4. The minimum atomic E-state index is -3.12. The summed E-state index contributed by atoms with van der Waals surface area (Å²) < 4.78 is 42.3. The first-order chi connectivity index (χ1) is 9.90. The highest BCUT2D eigenvalue weighted by Gasteiger charge is 2.45. The number of amides is 1. The number of hydrogen-bond donors (Lipinski definition) is 2. The van der Waals surface area contributed by atoms with E-state index in [1.165, 1.54) is 0 Å². The maximum atomic E-state index is 14.1. The van der Waals surface area contributed by atoms with Crippen molar-refractivity contribution < 1.29 is 32.6 Å². The average molecular weight is 301 g/mol. The third-order valence-electron chi connectivity index (χ3n) is 3.17. The molecule has 0 aromatic rings. The molecule has 21 heavy (non-hydrogen) atoms. The Morgan fingerprint density at radius 2 is 2.24 bits per heavy atom. The Morgan fingerprint density at radius 1 is 1.52 bits per heavy atom. The number of alkyl halides is 2. The summed E-state index contributed by atoms with van der Waals surface area (Å²) >= 11 is 0. The largest absolute Gasteiger partial charge is 0.481 e. The van der Waals surface area contributed by atoms with E-state index in [-0.39, 0.29) is 6.54 Å². The van der Waals surface area contributed by atoms with Crippen molar-refractivity contribution in [2.45, 2.75) is 6.61 Å². The maximum Gasteiger partial charge on any atom is 0.387 e. The van der Waals surface area contributed by atoms with Crippen LogP contribution in [0.5, 0.6) is 0 Å². The van der Waals surface area contributed by atoms with E-state index in [1.54, 1.807) is 0 Å². The Kier molecular flexibility index (Phi) is 4.21.